The van der Waals surface area contributed by atoms with Gasteiger partial charge in [-0.25, -0.2) is 8.42 Å². The summed E-state index contributed by atoms with van der Waals surface area (Å²) in [6.45, 7) is 2.77. The monoisotopic (exact) mass is 359 g/mol. The van der Waals surface area contributed by atoms with Crippen LogP contribution in [-0.4, -0.2) is 47.9 Å². The van der Waals surface area contributed by atoms with E-state index in [4.69, 9.17) is 0 Å². The Morgan fingerprint density at radius 2 is 1.76 bits per heavy atom. The number of halogens is 3. The second kappa shape index (κ2) is 9.61. The van der Waals surface area contributed by atoms with E-state index in [2.05, 4.69) is 5.32 Å². The second-order valence-electron chi connectivity index (χ2n) is 4.86. The van der Waals surface area contributed by atoms with Crippen LogP contribution in [0.25, 0.3) is 0 Å². The first-order valence-corrected chi connectivity index (χ1v) is 8.43. The van der Waals surface area contributed by atoms with Gasteiger partial charge < -0.3 is 9.87 Å². The third-order valence-electron chi connectivity index (χ3n) is 2.02. The summed E-state index contributed by atoms with van der Waals surface area (Å²) < 4.78 is 67.3. The van der Waals surface area contributed by atoms with Crippen molar-refractivity contribution in [1.29, 1.82) is 0 Å². The Bertz CT molecular complexity index is 427. The van der Waals surface area contributed by atoms with Crippen molar-refractivity contribution in [2.24, 2.45) is 0 Å². The summed E-state index contributed by atoms with van der Waals surface area (Å²) in [4.78, 5) is 11.5. The van der Waals surface area contributed by atoms with Crippen LogP contribution in [0.4, 0.5) is 13.2 Å². The number of carbonyl (C=O) groups is 1. The molecule has 0 saturated heterocycles. The zero-order chi connectivity index (χ0) is 16.0. The van der Waals surface area contributed by atoms with Gasteiger partial charge in [0.15, 0.2) is 0 Å². The average Bonchev–Trinajstić information content (AvgIpc) is 2.09. The fraction of sp³-hybridized carbons (Fsp3) is 0.900. The first-order chi connectivity index (χ1) is 8.81. The third kappa shape index (κ3) is 16.7. The number of alkyl halides is 3. The third-order valence-corrected chi connectivity index (χ3v) is 4.08. The minimum Gasteiger partial charge on any atom is -0.748 e. The van der Waals surface area contributed by atoms with Crippen molar-refractivity contribution in [3.05, 3.63) is 0 Å². The van der Waals surface area contributed by atoms with Gasteiger partial charge in [0.1, 0.15) is 0 Å². The van der Waals surface area contributed by atoms with Crippen LogP contribution in [0.2, 0.25) is 0 Å². The zero-order valence-electron chi connectivity index (χ0n) is 12.1. The molecule has 0 rings (SSSR count). The molecule has 0 atom stereocenters. The van der Waals surface area contributed by atoms with Gasteiger partial charge in [0, 0.05) is 23.5 Å². The standard InChI is InChI=1S/C10H18F3NO4S2.Na/c1-9(2,7-20(16,17)18)14-8(15)3-5-19-6-4-10(11,12)13;/h3-7H2,1-2H3,(H,14,15)(H,16,17,18);/q;+1/p-1. The molecule has 0 aromatic heterocycles. The molecule has 0 aliphatic carbocycles. The molecule has 21 heavy (non-hydrogen) atoms. The molecule has 0 radical (unpaired) electrons. The maximum absolute atomic E-state index is 11.8. The van der Waals surface area contributed by atoms with E-state index in [-0.39, 0.29) is 47.5 Å². The molecular weight excluding hydrogens is 342 g/mol. The predicted octanol–water partition coefficient (Wildman–Crippen LogP) is -1.49. The molecule has 0 heterocycles. The van der Waals surface area contributed by atoms with Crippen molar-refractivity contribution in [2.45, 2.75) is 38.4 Å². The van der Waals surface area contributed by atoms with Crippen LogP contribution in [0.1, 0.15) is 26.7 Å². The van der Waals surface area contributed by atoms with E-state index < -0.39 is 39.9 Å². The van der Waals surface area contributed by atoms with Crippen LogP contribution in [0.5, 0.6) is 0 Å². The SMILES string of the molecule is CC(C)(CS(=O)(=O)[O-])NC(=O)CCSCCC(F)(F)F.[Na+]. The summed E-state index contributed by atoms with van der Waals surface area (Å²) in [6.07, 6.45) is -5.16. The van der Waals surface area contributed by atoms with Gasteiger partial charge in [-0.3, -0.25) is 4.79 Å². The molecule has 0 spiro atoms. The van der Waals surface area contributed by atoms with Crippen molar-refractivity contribution < 1.29 is 60.5 Å². The van der Waals surface area contributed by atoms with Crippen molar-refractivity contribution in [1.82, 2.24) is 5.32 Å². The molecular formula is C10H17F3NNaO4S2. The Kier molecular flexibility index (Phi) is 10.9. The Morgan fingerprint density at radius 3 is 2.19 bits per heavy atom. The van der Waals surface area contributed by atoms with E-state index in [0.29, 0.717) is 0 Å². The molecule has 0 fully saturated rings. The van der Waals surface area contributed by atoms with Gasteiger partial charge >= 0.3 is 35.7 Å². The van der Waals surface area contributed by atoms with E-state index in [1.54, 1.807) is 0 Å². The molecule has 5 nitrogen and oxygen atoms in total. The van der Waals surface area contributed by atoms with Crippen molar-refractivity contribution in [2.75, 3.05) is 17.3 Å². The number of nitrogens with one attached hydrogen (secondary N) is 1. The molecule has 1 N–H and O–H groups in total. The fourth-order valence-corrected chi connectivity index (χ4v) is 3.24. The van der Waals surface area contributed by atoms with E-state index in [9.17, 15) is 30.9 Å². The van der Waals surface area contributed by atoms with Crippen LogP contribution in [0.15, 0.2) is 0 Å². The minimum absolute atomic E-state index is 0. The Balaban J connectivity index is 0. The summed E-state index contributed by atoms with van der Waals surface area (Å²) in [7, 11) is -4.47. The average molecular weight is 359 g/mol. The second-order valence-corrected chi connectivity index (χ2v) is 7.49. The number of hydrogen-bond acceptors (Lipinski definition) is 5. The zero-order valence-corrected chi connectivity index (χ0v) is 15.8. The summed E-state index contributed by atoms with van der Waals surface area (Å²) in [5, 5.41) is 2.37. The molecule has 1 amide bonds. The largest absolute Gasteiger partial charge is 1.00 e. The van der Waals surface area contributed by atoms with Crippen LogP contribution in [0.3, 0.4) is 0 Å². The van der Waals surface area contributed by atoms with Gasteiger partial charge in [0.2, 0.25) is 5.91 Å². The molecule has 0 saturated carbocycles. The maximum atomic E-state index is 11.8. The Hall–Kier alpha value is 0.520. The summed E-state index contributed by atoms with van der Waals surface area (Å²) in [5.41, 5.74) is -1.20. The van der Waals surface area contributed by atoms with E-state index in [0.717, 1.165) is 11.8 Å². The fourth-order valence-electron chi connectivity index (χ4n) is 1.37. The quantitative estimate of drug-likeness (QED) is 0.324. The van der Waals surface area contributed by atoms with Gasteiger partial charge in [-0.2, -0.15) is 24.9 Å². The minimum atomic E-state index is -4.47. The number of amides is 1. The summed E-state index contributed by atoms with van der Waals surface area (Å²) in [6, 6.07) is 0. The number of thioether (sulfide) groups is 1. The maximum Gasteiger partial charge on any atom is 1.00 e. The predicted molar refractivity (Wildman–Crippen MR) is 69.4 cm³/mol. The first-order valence-electron chi connectivity index (χ1n) is 5.70. The van der Waals surface area contributed by atoms with Crippen molar-refractivity contribution >= 4 is 27.8 Å². The molecule has 0 aliphatic rings. The van der Waals surface area contributed by atoms with E-state index >= 15 is 0 Å². The molecule has 0 unspecified atom stereocenters. The molecule has 0 aromatic rings. The number of carbonyl (C=O) groups excluding carboxylic acids is 1. The molecule has 11 heteroatoms. The normalized spacial score (nSPS) is 12.7. The van der Waals surface area contributed by atoms with Gasteiger partial charge in [-0.05, 0) is 13.8 Å². The topological polar surface area (TPSA) is 86.3 Å². The summed E-state index contributed by atoms with van der Waals surface area (Å²) >= 11 is 0.987. The molecule has 120 valence electrons. The van der Waals surface area contributed by atoms with Gasteiger partial charge in [0.25, 0.3) is 0 Å². The molecule has 0 aromatic carbocycles. The summed E-state index contributed by atoms with van der Waals surface area (Å²) in [5.74, 6) is -1.18. The van der Waals surface area contributed by atoms with Crippen LogP contribution < -0.4 is 34.9 Å². The van der Waals surface area contributed by atoms with Gasteiger partial charge in [0.05, 0.1) is 22.3 Å². The smallest absolute Gasteiger partial charge is 0.748 e. The molecule has 0 bridgehead atoms. The molecule has 0 aliphatic heterocycles. The van der Waals surface area contributed by atoms with Gasteiger partial charge in [-0.1, -0.05) is 0 Å². The van der Waals surface area contributed by atoms with Gasteiger partial charge in [-0.15, -0.1) is 0 Å². The number of rotatable bonds is 8. The van der Waals surface area contributed by atoms with Crippen LogP contribution in [-0.2, 0) is 14.9 Å². The van der Waals surface area contributed by atoms with E-state index in [1.807, 2.05) is 0 Å². The van der Waals surface area contributed by atoms with Crippen molar-refractivity contribution in [3.63, 3.8) is 0 Å². The Labute approximate surface area is 148 Å². The van der Waals surface area contributed by atoms with Crippen LogP contribution in [0, 0.1) is 0 Å². The van der Waals surface area contributed by atoms with E-state index in [1.165, 1.54) is 13.8 Å². The number of hydrogen-bond donors (Lipinski definition) is 1. The first kappa shape index (κ1) is 23.8. The van der Waals surface area contributed by atoms with Crippen molar-refractivity contribution in [3.8, 4) is 0 Å². The van der Waals surface area contributed by atoms with Crippen LogP contribution >= 0.6 is 11.8 Å². The Morgan fingerprint density at radius 1 is 1.24 bits per heavy atom.